The van der Waals surface area contributed by atoms with Crippen LogP contribution in [-0.2, 0) is 20.9 Å². The third-order valence-corrected chi connectivity index (χ3v) is 8.02. The van der Waals surface area contributed by atoms with Gasteiger partial charge in [0.1, 0.15) is 24.0 Å². The fraction of sp³-hybridized carbons (Fsp3) is 0.158. The van der Waals surface area contributed by atoms with E-state index >= 15 is 0 Å². The Balaban J connectivity index is 1.35. The van der Waals surface area contributed by atoms with Crippen LogP contribution in [0.1, 0.15) is 24.5 Å². The van der Waals surface area contributed by atoms with Crippen LogP contribution in [0.5, 0.6) is 5.75 Å². The highest BCUT2D eigenvalue weighted by Crippen LogP contribution is 2.32. The number of hydrogen-bond donors (Lipinski definition) is 0. The van der Waals surface area contributed by atoms with Crippen molar-refractivity contribution in [2.75, 3.05) is 20.3 Å². The summed E-state index contributed by atoms with van der Waals surface area (Å²) in [6, 6.07) is 33.8. The fourth-order valence-electron chi connectivity index (χ4n) is 5.57. The minimum absolute atomic E-state index is 0.0482. The Labute approximate surface area is 267 Å². The first-order valence-corrected chi connectivity index (χ1v) is 15.0. The lowest BCUT2D eigenvalue weighted by molar-refractivity contribution is -0.140. The van der Waals surface area contributed by atoms with Crippen LogP contribution in [0.3, 0.4) is 0 Å². The quantitative estimate of drug-likeness (QED) is 0.0972. The summed E-state index contributed by atoms with van der Waals surface area (Å²) in [7, 11) is 1.56. The van der Waals surface area contributed by atoms with Gasteiger partial charge < -0.3 is 9.47 Å². The Morgan fingerprint density at radius 3 is 2.39 bits per heavy atom. The van der Waals surface area contributed by atoms with Crippen LogP contribution >= 0.6 is 0 Å². The molecule has 4 aromatic carbocycles. The minimum Gasteiger partial charge on any atom is -0.489 e. The number of ether oxygens (including phenoxy) is 2. The van der Waals surface area contributed by atoms with Crippen LogP contribution in [0.2, 0.25) is 0 Å². The molecule has 0 radical (unpaired) electrons. The maximum atomic E-state index is 13.7. The summed E-state index contributed by atoms with van der Waals surface area (Å²) >= 11 is 0. The SMILES string of the molecule is COCCCN1C(=O)C(C#N)=C(C)/C(=C\c2cn(-c3ccccc3)nc2-c2ccc(OCc3cccc4ccccc34)cc2)C1=O. The van der Waals surface area contributed by atoms with Gasteiger partial charge in [-0.05, 0) is 77.7 Å². The average Bonchev–Trinajstić information content (AvgIpc) is 3.52. The van der Waals surface area contributed by atoms with Crippen LogP contribution in [0.15, 0.2) is 120 Å². The lowest BCUT2D eigenvalue weighted by Gasteiger charge is -2.27. The zero-order valence-electron chi connectivity index (χ0n) is 25.6. The van der Waals surface area contributed by atoms with Gasteiger partial charge in [0, 0.05) is 43.2 Å². The predicted octanol–water partition coefficient (Wildman–Crippen LogP) is 6.90. The van der Waals surface area contributed by atoms with Crippen molar-refractivity contribution in [1.82, 2.24) is 14.7 Å². The monoisotopic (exact) mass is 608 g/mol. The third kappa shape index (κ3) is 6.09. The first kappa shape index (κ1) is 30.3. The van der Waals surface area contributed by atoms with Gasteiger partial charge in [-0.3, -0.25) is 14.5 Å². The molecule has 0 saturated heterocycles. The third-order valence-electron chi connectivity index (χ3n) is 8.02. The molecule has 2 amide bonds. The van der Waals surface area contributed by atoms with Crippen molar-refractivity contribution in [3.63, 3.8) is 0 Å². The molecule has 6 rings (SSSR count). The van der Waals surface area contributed by atoms with Gasteiger partial charge in [-0.2, -0.15) is 10.4 Å². The molecule has 1 aliphatic rings. The number of carbonyl (C=O) groups excluding carboxylic acids is 2. The number of amides is 2. The zero-order valence-corrected chi connectivity index (χ0v) is 25.6. The summed E-state index contributed by atoms with van der Waals surface area (Å²) < 4.78 is 13.0. The molecule has 8 heteroatoms. The Bertz CT molecular complexity index is 2010. The number of aromatic nitrogens is 2. The largest absolute Gasteiger partial charge is 0.489 e. The van der Waals surface area contributed by atoms with Gasteiger partial charge in [0.25, 0.3) is 11.8 Å². The van der Waals surface area contributed by atoms with E-state index in [1.165, 1.54) is 5.39 Å². The maximum absolute atomic E-state index is 13.7. The summed E-state index contributed by atoms with van der Waals surface area (Å²) in [4.78, 5) is 27.8. The van der Waals surface area contributed by atoms with E-state index in [1.807, 2.05) is 85.1 Å². The van der Waals surface area contributed by atoms with Crippen LogP contribution < -0.4 is 4.74 Å². The summed E-state index contributed by atoms with van der Waals surface area (Å²) in [5.41, 5.74) is 4.64. The summed E-state index contributed by atoms with van der Waals surface area (Å²) in [5.74, 6) is -0.324. The predicted molar refractivity (Wildman–Crippen MR) is 177 cm³/mol. The second kappa shape index (κ2) is 13.5. The Morgan fingerprint density at radius 1 is 0.891 bits per heavy atom. The topological polar surface area (TPSA) is 97.5 Å². The molecule has 1 aromatic heterocycles. The van der Waals surface area contributed by atoms with E-state index in [2.05, 4.69) is 24.3 Å². The standard InChI is InChI=1S/C38H32N4O4/c1-26-34(37(43)41(20-9-21-45-2)38(44)35(26)23-39)22-30-24-42(31-13-4-3-5-14-31)40-36(30)28-16-18-32(19-17-28)46-25-29-12-8-11-27-10-6-7-15-33(27)29/h3-8,10-19,22,24H,9,20-21,25H2,1-2H3/b34-22+. The summed E-state index contributed by atoms with van der Waals surface area (Å²) in [6.07, 6.45) is 4.03. The Morgan fingerprint density at radius 2 is 1.63 bits per heavy atom. The van der Waals surface area contributed by atoms with Gasteiger partial charge in [-0.25, -0.2) is 4.68 Å². The van der Waals surface area contributed by atoms with Crippen LogP contribution in [-0.4, -0.2) is 46.8 Å². The van der Waals surface area contributed by atoms with E-state index in [0.717, 1.165) is 27.1 Å². The number of para-hydroxylation sites is 1. The molecule has 2 heterocycles. The van der Waals surface area contributed by atoms with E-state index in [1.54, 1.807) is 24.8 Å². The smallest absolute Gasteiger partial charge is 0.271 e. The molecule has 0 bridgehead atoms. The molecule has 0 spiro atoms. The average molecular weight is 609 g/mol. The first-order chi connectivity index (χ1) is 22.5. The highest BCUT2D eigenvalue weighted by Gasteiger charge is 2.35. The number of rotatable bonds is 10. The van der Waals surface area contributed by atoms with Gasteiger partial charge in [-0.1, -0.05) is 60.7 Å². The lowest BCUT2D eigenvalue weighted by atomic mass is 9.93. The number of benzene rings is 4. The van der Waals surface area contributed by atoms with Gasteiger partial charge >= 0.3 is 0 Å². The number of hydrogen-bond acceptors (Lipinski definition) is 6. The van der Waals surface area contributed by atoms with E-state index in [0.29, 0.717) is 42.2 Å². The molecule has 0 N–H and O–H groups in total. The van der Waals surface area contributed by atoms with Crippen LogP contribution in [0.4, 0.5) is 0 Å². The number of fused-ring (bicyclic) bond motifs is 1. The van der Waals surface area contributed by atoms with Gasteiger partial charge in [-0.15, -0.1) is 0 Å². The first-order valence-electron chi connectivity index (χ1n) is 15.0. The molecule has 228 valence electrons. The van der Waals surface area contributed by atoms with Crippen molar-refractivity contribution >= 4 is 28.7 Å². The second-order valence-electron chi connectivity index (χ2n) is 10.9. The molecule has 0 atom stereocenters. The molecule has 0 aliphatic carbocycles. The molecular formula is C38H32N4O4. The summed E-state index contributed by atoms with van der Waals surface area (Å²) in [5, 5.41) is 17.0. The molecule has 46 heavy (non-hydrogen) atoms. The van der Waals surface area contributed by atoms with E-state index in [-0.39, 0.29) is 17.7 Å². The van der Waals surface area contributed by atoms with Crippen molar-refractivity contribution in [3.05, 3.63) is 131 Å². The van der Waals surface area contributed by atoms with Crippen molar-refractivity contribution in [2.24, 2.45) is 0 Å². The van der Waals surface area contributed by atoms with Crippen LogP contribution in [0.25, 0.3) is 33.8 Å². The number of nitrogens with zero attached hydrogens (tertiary/aromatic N) is 4. The number of carbonyl (C=O) groups is 2. The molecule has 8 nitrogen and oxygen atoms in total. The fourth-order valence-corrected chi connectivity index (χ4v) is 5.57. The molecule has 0 saturated carbocycles. The van der Waals surface area contributed by atoms with Gasteiger partial charge in [0.05, 0.1) is 11.4 Å². The van der Waals surface area contributed by atoms with E-state index < -0.39 is 11.8 Å². The molecular weight excluding hydrogens is 576 g/mol. The lowest BCUT2D eigenvalue weighted by Crippen LogP contribution is -2.43. The zero-order chi connectivity index (χ0) is 32.0. The molecule has 0 fully saturated rings. The molecule has 1 aliphatic heterocycles. The highest BCUT2D eigenvalue weighted by molar-refractivity contribution is 6.19. The maximum Gasteiger partial charge on any atom is 0.271 e. The highest BCUT2D eigenvalue weighted by atomic mass is 16.5. The van der Waals surface area contributed by atoms with Gasteiger partial charge in [0.15, 0.2) is 0 Å². The summed E-state index contributed by atoms with van der Waals surface area (Å²) in [6.45, 7) is 2.60. The van der Waals surface area contributed by atoms with Crippen LogP contribution in [0, 0.1) is 11.3 Å². The van der Waals surface area contributed by atoms with E-state index in [4.69, 9.17) is 14.6 Å². The number of imide groups is 1. The normalized spacial score (nSPS) is 14.3. The molecule has 5 aromatic rings. The number of methoxy groups -OCH3 is 1. The molecule has 0 unspecified atom stereocenters. The van der Waals surface area contributed by atoms with Gasteiger partial charge in [0.2, 0.25) is 0 Å². The van der Waals surface area contributed by atoms with Crippen molar-refractivity contribution in [1.29, 1.82) is 5.26 Å². The van der Waals surface area contributed by atoms with Crippen molar-refractivity contribution in [3.8, 4) is 28.8 Å². The van der Waals surface area contributed by atoms with E-state index in [9.17, 15) is 14.9 Å². The Kier molecular flexibility index (Phi) is 8.86. The Hall–Kier alpha value is -5.78. The second-order valence-corrected chi connectivity index (χ2v) is 10.9. The number of nitriles is 1. The van der Waals surface area contributed by atoms with Crippen molar-refractivity contribution < 1.29 is 19.1 Å². The minimum atomic E-state index is -0.586. The van der Waals surface area contributed by atoms with Crippen molar-refractivity contribution in [2.45, 2.75) is 20.0 Å².